The molecule has 2 heterocycles. The zero-order valence-electron chi connectivity index (χ0n) is 14.0. The Labute approximate surface area is 151 Å². The highest BCUT2D eigenvalue weighted by atomic mass is 32.2. The first kappa shape index (κ1) is 18.2. The zero-order valence-corrected chi connectivity index (χ0v) is 14.8. The number of hydrogen-bond donors (Lipinski definition) is 1. The van der Waals surface area contributed by atoms with E-state index in [1.807, 2.05) is 0 Å². The van der Waals surface area contributed by atoms with Crippen LogP contribution in [-0.2, 0) is 24.2 Å². The predicted molar refractivity (Wildman–Crippen MR) is 92.6 cm³/mol. The molecule has 2 aliphatic heterocycles. The van der Waals surface area contributed by atoms with E-state index in [1.54, 1.807) is 24.3 Å². The molecule has 9 heteroatoms. The fourth-order valence-corrected chi connectivity index (χ4v) is 4.36. The highest BCUT2D eigenvalue weighted by Gasteiger charge is 2.28. The van der Waals surface area contributed by atoms with Crippen LogP contribution in [0.5, 0.6) is 11.5 Å². The molecule has 0 unspecified atom stereocenters. The molecule has 0 aromatic heterocycles. The number of hydrogen-bond acceptors (Lipinski definition) is 7. The third-order valence-corrected chi connectivity index (χ3v) is 5.69. The van der Waals surface area contributed by atoms with Gasteiger partial charge in [0.2, 0.25) is 0 Å². The van der Waals surface area contributed by atoms with Crippen molar-refractivity contribution in [2.24, 2.45) is 0 Å². The van der Waals surface area contributed by atoms with Crippen molar-refractivity contribution in [3.8, 4) is 11.5 Å². The van der Waals surface area contributed by atoms with Gasteiger partial charge >= 0.3 is 5.97 Å². The van der Waals surface area contributed by atoms with Gasteiger partial charge < -0.3 is 19.5 Å². The van der Waals surface area contributed by atoms with Crippen molar-refractivity contribution in [3.63, 3.8) is 0 Å². The average molecular weight is 381 g/mol. The zero-order chi connectivity index (χ0) is 18.6. The van der Waals surface area contributed by atoms with Crippen molar-refractivity contribution in [1.29, 1.82) is 0 Å². The Bertz CT molecular complexity index is 832. The quantitative estimate of drug-likeness (QED) is 0.578. The molecule has 0 aliphatic carbocycles. The number of nitrogens with one attached hydrogen (secondary N) is 1. The number of sulfone groups is 1. The van der Waals surface area contributed by atoms with Gasteiger partial charge in [0.05, 0.1) is 11.5 Å². The van der Waals surface area contributed by atoms with Crippen LogP contribution in [0.25, 0.3) is 6.08 Å². The van der Waals surface area contributed by atoms with Gasteiger partial charge in [-0.15, -0.1) is 0 Å². The molecule has 1 fully saturated rings. The van der Waals surface area contributed by atoms with E-state index in [1.165, 1.54) is 6.08 Å². The van der Waals surface area contributed by atoms with E-state index in [9.17, 15) is 18.0 Å². The minimum absolute atomic E-state index is 0.0655. The third kappa shape index (κ3) is 4.98. The lowest BCUT2D eigenvalue weighted by Crippen LogP contribution is -2.38. The Hall–Kier alpha value is -2.55. The van der Waals surface area contributed by atoms with Crippen LogP contribution < -0.4 is 14.8 Å². The number of carbonyl (C=O) groups is 2. The lowest BCUT2D eigenvalue weighted by molar-refractivity contribution is -0.143. The van der Waals surface area contributed by atoms with E-state index in [2.05, 4.69) is 5.32 Å². The van der Waals surface area contributed by atoms with Gasteiger partial charge in [0.25, 0.3) is 5.91 Å². The van der Waals surface area contributed by atoms with Crippen LogP contribution >= 0.6 is 0 Å². The van der Waals surface area contributed by atoms with E-state index in [4.69, 9.17) is 14.2 Å². The molecule has 0 bridgehead atoms. The average Bonchev–Trinajstić information content (AvgIpc) is 2.96. The summed E-state index contributed by atoms with van der Waals surface area (Å²) >= 11 is 0. The van der Waals surface area contributed by atoms with Gasteiger partial charge in [-0.3, -0.25) is 4.79 Å². The van der Waals surface area contributed by atoms with E-state index < -0.39 is 34.4 Å². The molecule has 1 atom stereocenters. The maximum Gasteiger partial charge on any atom is 0.331 e. The monoisotopic (exact) mass is 381 g/mol. The largest absolute Gasteiger partial charge is 0.486 e. The number of amides is 1. The topological polar surface area (TPSA) is 108 Å². The molecule has 8 nitrogen and oxygen atoms in total. The Kier molecular flexibility index (Phi) is 5.46. The van der Waals surface area contributed by atoms with Crippen LogP contribution in [0, 0.1) is 0 Å². The van der Waals surface area contributed by atoms with Crippen LogP contribution in [0.1, 0.15) is 12.0 Å². The summed E-state index contributed by atoms with van der Waals surface area (Å²) in [5.41, 5.74) is 0.729. The standard InChI is InChI=1S/C17H19NO7S/c19-16(18-13-5-8-26(21,22)11-13)10-25-17(20)4-2-12-1-3-14-15(9-12)24-7-6-23-14/h1-4,9,13H,5-8,10-11H2,(H,18,19)/b4-2+/t13-/m1/s1. The number of benzene rings is 1. The second-order valence-electron chi connectivity index (χ2n) is 6.01. The van der Waals surface area contributed by atoms with Crippen LogP contribution in [0.3, 0.4) is 0 Å². The number of fused-ring (bicyclic) bond motifs is 1. The number of carbonyl (C=O) groups excluding carboxylic acids is 2. The normalized spacial score (nSPS) is 20.7. The van der Waals surface area contributed by atoms with Crippen molar-refractivity contribution < 1.29 is 32.2 Å². The molecule has 1 aromatic carbocycles. The van der Waals surface area contributed by atoms with Crippen molar-refractivity contribution in [3.05, 3.63) is 29.8 Å². The van der Waals surface area contributed by atoms with Gasteiger partial charge in [0.1, 0.15) is 13.2 Å². The summed E-state index contributed by atoms with van der Waals surface area (Å²) in [7, 11) is -3.07. The molecule has 2 aliphatic rings. The number of rotatable bonds is 5. The van der Waals surface area contributed by atoms with Crippen LogP contribution in [0.15, 0.2) is 24.3 Å². The predicted octanol–water partition coefficient (Wildman–Crippen LogP) is 0.317. The van der Waals surface area contributed by atoms with E-state index in [0.29, 0.717) is 31.1 Å². The molecule has 1 aromatic rings. The van der Waals surface area contributed by atoms with Crippen molar-refractivity contribution in [1.82, 2.24) is 5.32 Å². The number of esters is 1. The van der Waals surface area contributed by atoms with Gasteiger partial charge in [-0.05, 0) is 30.2 Å². The second-order valence-corrected chi connectivity index (χ2v) is 8.24. The van der Waals surface area contributed by atoms with Crippen molar-refractivity contribution in [2.45, 2.75) is 12.5 Å². The Morgan fingerprint density at radius 2 is 2.00 bits per heavy atom. The van der Waals surface area contributed by atoms with Crippen LogP contribution in [0.2, 0.25) is 0 Å². The fourth-order valence-electron chi connectivity index (χ4n) is 2.69. The lowest BCUT2D eigenvalue weighted by Gasteiger charge is -2.18. The first-order valence-corrected chi connectivity index (χ1v) is 9.98. The second kappa shape index (κ2) is 7.77. The first-order valence-electron chi connectivity index (χ1n) is 8.15. The summed E-state index contributed by atoms with van der Waals surface area (Å²) in [6.45, 7) is 0.518. The summed E-state index contributed by atoms with van der Waals surface area (Å²) < 4.78 is 38.4. The highest BCUT2D eigenvalue weighted by molar-refractivity contribution is 7.91. The molecule has 140 valence electrons. The van der Waals surface area contributed by atoms with Gasteiger partial charge in [-0.1, -0.05) is 6.07 Å². The Morgan fingerprint density at radius 3 is 2.73 bits per heavy atom. The molecule has 1 amide bonds. The van der Waals surface area contributed by atoms with Gasteiger partial charge in [-0.2, -0.15) is 0 Å². The van der Waals surface area contributed by atoms with E-state index in [-0.39, 0.29) is 11.5 Å². The minimum Gasteiger partial charge on any atom is -0.486 e. The molecule has 26 heavy (non-hydrogen) atoms. The Morgan fingerprint density at radius 1 is 1.23 bits per heavy atom. The summed E-state index contributed by atoms with van der Waals surface area (Å²) in [6, 6.07) is 4.85. The first-order chi connectivity index (χ1) is 12.4. The fraction of sp³-hybridized carbons (Fsp3) is 0.412. The summed E-state index contributed by atoms with van der Waals surface area (Å²) in [5, 5.41) is 2.55. The van der Waals surface area contributed by atoms with E-state index >= 15 is 0 Å². The summed E-state index contributed by atoms with van der Waals surface area (Å²) in [5.74, 6) is 0.0636. The van der Waals surface area contributed by atoms with Crippen LogP contribution in [-0.4, -0.2) is 57.7 Å². The maximum absolute atomic E-state index is 11.7. The van der Waals surface area contributed by atoms with E-state index in [0.717, 1.165) is 5.56 Å². The lowest BCUT2D eigenvalue weighted by atomic mass is 10.2. The van der Waals surface area contributed by atoms with Crippen LogP contribution in [0.4, 0.5) is 0 Å². The molecule has 0 saturated carbocycles. The third-order valence-electron chi connectivity index (χ3n) is 3.92. The van der Waals surface area contributed by atoms with Crippen molar-refractivity contribution >= 4 is 27.8 Å². The maximum atomic E-state index is 11.7. The minimum atomic E-state index is -3.07. The molecule has 3 rings (SSSR count). The Balaban J connectivity index is 1.45. The molecular formula is C17H19NO7S. The molecule has 0 spiro atoms. The van der Waals surface area contributed by atoms with Gasteiger partial charge in [0, 0.05) is 12.1 Å². The smallest absolute Gasteiger partial charge is 0.331 e. The summed E-state index contributed by atoms with van der Waals surface area (Å²) in [6.07, 6.45) is 3.13. The molecular weight excluding hydrogens is 362 g/mol. The molecule has 1 saturated heterocycles. The molecule has 0 radical (unpaired) electrons. The number of ether oxygens (including phenoxy) is 3. The summed E-state index contributed by atoms with van der Waals surface area (Å²) in [4.78, 5) is 23.4. The SMILES string of the molecule is O=C(COC(=O)/C=C/c1ccc2c(c1)OCCO2)N[C@@H]1CCS(=O)(=O)C1. The van der Waals surface area contributed by atoms with Gasteiger partial charge in [-0.25, -0.2) is 13.2 Å². The highest BCUT2D eigenvalue weighted by Crippen LogP contribution is 2.31. The van der Waals surface area contributed by atoms with Gasteiger partial charge in [0.15, 0.2) is 27.9 Å². The van der Waals surface area contributed by atoms with Crippen molar-refractivity contribution in [2.75, 3.05) is 31.3 Å². The molecule has 1 N–H and O–H groups in total.